The first kappa shape index (κ1) is 27.4. The molecule has 0 N–H and O–H groups in total. The molecule has 2 aromatic carbocycles. The third kappa shape index (κ3) is 6.35. The summed E-state index contributed by atoms with van der Waals surface area (Å²) in [6.45, 7) is 5.41. The summed E-state index contributed by atoms with van der Waals surface area (Å²) in [5, 5.41) is 0. The number of fused-ring (bicyclic) bond motifs is 1. The van der Waals surface area contributed by atoms with Gasteiger partial charge in [-0.15, -0.1) is 0 Å². The molecule has 0 amide bonds. The van der Waals surface area contributed by atoms with Gasteiger partial charge in [0.25, 0.3) is 0 Å². The van der Waals surface area contributed by atoms with E-state index in [1.165, 1.54) is 61.8 Å². The van der Waals surface area contributed by atoms with Gasteiger partial charge in [-0.25, -0.2) is 0 Å². The molecule has 3 saturated carbocycles. The van der Waals surface area contributed by atoms with E-state index in [2.05, 4.69) is 31.2 Å². The van der Waals surface area contributed by atoms with Gasteiger partial charge in [-0.05, 0) is 131 Å². The first-order valence-corrected chi connectivity index (χ1v) is 15.0. The maximum atomic E-state index is 14.3. The van der Waals surface area contributed by atoms with Crippen molar-refractivity contribution < 1.29 is 23.0 Å². The molecule has 5 rings (SSSR count). The predicted molar refractivity (Wildman–Crippen MR) is 147 cm³/mol. The van der Waals surface area contributed by atoms with Crippen molar-refractivity contribution in [1.29, 1.82) is 0 Å². The highest BCUT2D eigenvalue weighted by molar-refractivity contribution is 5.35. The van der Waals surface area contributed by atoms with E-state index in [1.807, 2.05) is 0 Å². The van der Waals surface area contributed by atoms with Crippen LogP contribution >= 0.6 is 0 Å². The molecule has 0 bridgehead atoms. The van der Waals surface area contributed by atoms with Crippen molar-refractivity contribution in [3.05, 3.63) is 59.2 Å². The zero-order valence-electron chi connectivity index (χ0n) is 23.1. The molecule has 0 saturated heterocycles. The summed E-state index contributed by atoms with van der Waals surface area (Å²) in [6.07, 6.45) is 12.6. The minimum atomic E-state index is -0.974. The smallest absolute Gasteiger partial charge is 0.204 e. The van der Waals surface area contributed by atoms with Crippen LogP contribution in [-0.4, -0.2) is 25.9 Å². The van der Waals surface area contributed by atoms with Crippen LogP contribution in [0.15, 0.2) is 36.4 Å². The number of hydrogen-bond donors (Lipinski definition) is 0. The van der Waals surface area contributed by atoms with Crippen LogP contribution in [0.5, 0.6) is 11.5 Å². The van der Waals surface area contributed by atoms with Gasteiger partial charge in [-0.2, -0.15) is 8.78 Å². The van der Waals surface area contributed by atoms with Crippen molar-refractivity contribution in [2.24, 2.45) is 17.8 Å². The van der Waals surface area contributed by atoms with E-state index in [4.69, 9.17) is 14.2 Å². The lowest BCUT2D eigenvalue weighted by atomic mass is 9.65. The first-order valence-electron chi connectivity index (χ1n) is 15.0. The molecular formula is C33H44F2O3. The summed E-state index contributed by atoms with van der Waals surface area (Å²) < 4.78 is 45.2. The number of benzene rings is 2. The molecule has 3 aliphatic carbocycles. The van der Waals surface area contributed by atoms with E-state index in [1.54, 1.807) is 6.92 Å². The average Bonchev–Trinajstić information content (AvgIpc) is 2.95. The topological polar surface area (TPSA) is 27.7 Å². The molecule has 3 fully saturated rings. The number of rotatable bonds is 9. The van der Waals surface area contributed by atoms with Gasteiger partial charge in [0.2, 0.25) is 11.6 Å². The molecule has 0 radical (unpaired) electrons. The van der Waals surface area contributed by atoms with Crippen LogP contribution in [0.1, 0.15) is 101 Å². The Hall–Kier alpha value is -2.14. The van der Waals surface area contributed by atoms with Crippen molar-refractivity contribution in [3.8, 4) is 11.5 Å². The molecule has 3 aliphatic rings. The van der Waals surface area contributed by atoms with Gasteiger partial charge in [0.1, 0.15) is 0 Å². The highest BCUT2D eigenvalue weighted by Crippen LogP contribution is 2.47. The van der Waals surface area contributed by atoms with Gasteiger partial charge < -0.3 is 14.2 Å². The second-order valence-corrected chi connectivity index (χ2v) is 11.7. The maximum Gasteiger partial charge on any atom is 0.204 e. The summed E-state index contributed by atoms with van der Waals surface area (Å²) in [5.74, 6) is 1.35. The van der Waals surface area contributed by atoms with Crippen LogP contribution in [0.4, 0.5) is 8.78 Å². The normalized spacial score (nSPS) is 29.5. The summed E-state index contributed by atoms with van der Waals surface area (Å²) in [5.41, 5.74) is 2.96. The van der Waals surface area contributed by atoms with E-state index in [0.29, 0.717) is 37.1 Å². The maximum absolute atomic E-state index is 14.3. The number of hydrogen-bond acceptors (Lipinski definition) is 3. The number of ether oxygens (including phenoxy) is 3. The molecular weight excluding hydrogens is 482 g/mol. The Labute approximate surface area is 227 Å². The van der Waals surface area contributed by atoms with Gasteiger partial charge in [0.05, 0.1) is 19.3 Å². The molecule has 0 heterocycles. The summed E-state index contributed by atoms with van der Waals surface area (Å²) in [6, 6.07) is 12.4. The minimum absolute atomic E-state index is 0.0277. The van der Waals surface area contributed by atoms with Crippen LogP contribution in [0.3, 0.4) is 0 Å². The third-order valence-electron chi connectivity index (χ3n) is 9.48. The monoisotopic (exact) mass is 526 g/mol. The second kappa shape index (κ2) is 12.8. The first-order chi connectivity index (χ1) is 18.6. The Balaban J connectivity index is 1.08. The fraction of sp³-hybridized carbons (Fsp3) is 0.636. The van der Waals surface area contributed by atoms with Gasteiger partial charge in [-0.1, -0.05) is 24.3 Å². The highest BCUT2D eigenvalue weighted by atomic mass is 19.2. The molecule has 4 unspecified atom stereocenters. The van der Waals surface area contributed by atoms with E-state index < -0.39 is 11.6 Å². The molecule has 38 heavy (non-hydrogen) atoms. The summed E-state index contributed by atoms with van der Waals surface area (Å²) in [7, 11) is 0. The van der Waals surface area contributed by atoms with Crippen molar-refractivity contribution in [1.82, 2.24) is 0 Å². The Morgan fingerprint density at radius 1 is 0.632 bits per heavy atom. The fourth-order valence-corrected chi connectivity index (χ4v) is 7.34. The third-order valence-corrected chi connectivity index (χ3v) is 9.48. The van der Waals surface area contributed by atoms with Crippen molar-refractivity contribution >= 4 is 0 Å². The van der Waals surface area contributed by atoms with Gasteiger partial charge in [0, 0.05) is 6.61 Å². The second-order valence-electron chi connectivity index (χ2n) is 11.7. The van der Waals surface area contributed by atoms with Crippen molar-refractivity contribution in [2.75, 3.05) is 19.8 Å². The Morgan fingerprint density at radius 2 is 1.21 bits per heavy atom. The molecule has 4 atom stereocenters. The van der Waals surface area contributed by atoms with Crippen LogP contribution in [0, 0.1) is 29.4 Å². The van der Waals surface area contributed by atoms with E-state index in [-0.39, 0.29) is 11.5 Å². The van der Waals surface area contributed by atoms with Gasteiger partial charge in [0.15, 0.2) is 11.5 Å². The molecule has 0 aliphatic heterocycles. The van der Waals surface area contributed by atoms with Crippen LogP contribution in [0.2, 0.25) is 0 Å². The molecule has 5 heteroatoms. The molecule has 0 aromatic heterocycles. The number of halogens is 2. The van der Waals surface area contributed by atoms with E-state index in [9.17, 15) is 8.78 Å². The Morgan fingerprint density at radius 3 is 1.87 bits per heavy atom. The van der Waals surface area contributed by atoms with E-state index >= 15 is 0 Å². The van der Waals surface area contributed by atoms with Gasteiger partial charge >= 0.3 is 0 Å². The van der Waals surface area contributed by atoms with Crippen molar-refractivity contribution in [2.45, 2.75) is 96.0 Å². The minimum Gasteiger partial charge on any atom is -0.491 e. The highest BCUT2D eigenvalue weighted by Gasteiger charge is 2.36. The Bertz CT molecular complexity index is 1030. The fourth-order valence-electron chi connectivity index (χ4n) is 7.34. The van der Waals surface area contributed by atoms with Crippen LogP contribution < -0.4 is 9.47 Å². The largest absolute Gasteiger partial charge is 0.491 e. The lowest BCUT2D eigenvalue weighted by Crippen LogP contribution is -2.33. The van der Waals surface area contributed by atoms with E-state index in [0.717, 1.165) is 44.1 Å². The zero-order valence-corrected chi connectivity index (χ0v) is 23.1. The lowest BCUT2D eigenvalue weighted by Gasteiger charge is -2.42. The molecule has 3 nitrogen and oxygen atoms in total. The standard InChI is InChI=1S/C33H44F2O3/c1-3-36-29-16-15-27-19-26(13-14-28(27)20-29)25-11-9-24(10-12-25)23-7-5-22(6-8-23)21-38-31-18-17-30(37-4-2)32(34)33(31)35/h9-12,17-18,22-23,26-29H,3-8,13-16,19-21H2,1-2H3. The average molecular weight is 527 g/mol. The molecule has 2 aromatic rings. The van der Waals surface area contributed by atoms with Crippen LogP contribution in [-0.2, 0) is 4.74 Å². The summed E-state index contributed by atoms with van der Waals surface area (Å²) >= 11 is 0. The lowest BCUT2D eigenvalue weighted by molar-refractivity contribution is -0.00955. The zero-order chi connectivity index (χ0) is 26.5. The summed E-state index contributed by atoms with van der Waals surface area (Å²) in [4.78, 5) is 0. The predicted octanol–water partition coefficient (Wildman–Crippen LogP) is 8.81. The SMILES string of the molecule is CCOc1ccc(OCC2CCC(c3ccc(C4CCC5CC(OCC)CCC5C4)cc3)CC2)c(F)c1F. The molecule has 208 valence electrons. The van der Waals surface area contributed by atoms with Crippen molar-refractivity contribution in [3.63, 3.8) is 0 Å². The molecule has 0 spiro atoms. The Kier molecular flexibility index (Phi) is 9.24. The van der Waals surface area contributed by atoms with Crippen LogP contribution in [0.25, 0.3) is 0 Å². The quantitative estimate of drug-likeness (QED) is 0.327. The van der Waals surface area contributed by atoms with Gasteiger partial charge in [-0.3, -0.25) is 0 Å².